The molecule has 2 aromatic rings. The summed E-state index contributed by atoms with van der Waals surface area (Å²) in [7, 11) is 1.39. The summed E-state index contributed by atoms with van der Waals surface area (Å²) in [5.74, 6) is 0.324. The lowest BCUT2D eigenvalue weighted by atomic mass is 9.99. The van der Waals surface area contributed by atoms with E-state index in [9.17, 15) is 13.2 Å². The van der Waals surface area contributed by atoms with Crippen molar-refractivity contribution in [1.29, 1.82) is 0 Å². The van der Waals surface area contributed by atoms with Crippen LogP contribution < -0.4 is 10.5 Å². The van der Waals surface area contributed by atoms with Gasteiger partial charge in [0, 0.05) is 23.6 Å². The molecule has 1 aromatic carbocycles. The number of hydrogen-bond donors (Lipinski definition) is 1. The molecule has 0 aliphatic heterocycles. The highest BCUT2D eigenvalue weighted by Gasteiger charge is 2.34. The van der Waals surface area contributed by atoms with E-state index in [1.54, 1.807) is 0 Å². The van der Waals surface area contributed by atoms with E-state index in [0.717, 1.165) is 6.07 Å². The third-order valence-corrected chi connectivity index (χ3v) is 2.64. The summed E-state index contributed by atoms with van der Waals surface area (Å²) in [5, 5.41) is 0. The van der Waals surface area contributed by atoms with Gasteiger partial charge in [0.05, 0.1) is 12.7 Å². The molecule has 0 saturated heterocycles. The Morgan fingerprint density at radius 2 is 1.89 bits per heavy atom. The minimum Gasteiger partial charge on any atom is -0.496 e. The maximum absolute atomic E-state index is 13.0. The molecule has 0 spiro atoms. The number of benzene rings is 1. The second-order valence-corrected chi connectivity index (χ2v) is 3.88. The van der Waals surface area contributed by atoms with Crippen LogP contribution in [0.4, 0.5) is 18.9 Å². The molecule has 6 heteroatoms. The Kier molecular flexibility index (Phi) is 3.33. The van der Waals surface area contributed by atoms with Crippen LogP contribution in [-0.2, 0) is 6.18 Å². The van der Waals surface area contributed by atoms with Gasteiger partial charge in [0.25, 0.3) is 0 Å². The Labute approximate surface area is 107 Å². The second kappa shape index (κ2) is 4.79. The van der Waals surface area contributed by atoms with Crippen LogP contribution in [0.1, 0.15) is 5.56 Å². The van der Waals surface area contributed by atoms with Crippen molar-refractivity contribution in [2.75, 3.05) is 12.8 Å². The fraction of sp³-hybridized carbons (Fsp3) is 0.154. The molecular weight excluding hydrogens is 257 g/mol. The highest BCUT2D eigenvalue weighted by atomic mass is 19.4. The molecule has 19 heavy (non-hydrogen) atoms. The molecule has 0 atom stereocenters. The van der Waals surface area contributed by atoms with Crippen LogP contribution >= 0.6 is 0 Å². The standard InChI is InChI=1S/C13H11F3N2O/c1-19-12-4-5-18-7-10(12)9-3-2-8(17)6-11(9)13(14,15)16/h2-7H,17H2,1H3. The van der Waals surface area contributed by atoms with Gasteiger partial charge in [-0.05, 0) is 23.8 Å². The van der Waals surface area contributed by atoms with Crippen LogP contribution in [0.5, 0.6) is 5.75 Å². The van der Waals surface area contributed by atoms with Gasteiger partial charge < -0.3 is 10.5 Å². The molecule has 0 unspecified atom stereocenters. The quantitative estimate of drug-likeness (QED) is 0.849. The van der Waals surface area contributed by atoms with Crippen LogP contribution in [0, 0.1) is 0 Å². The van der Waals surface area contributed by atoms with E-state index in [-0.39, 0.29) is 16.8 Å². The SMILES string of the molecule is COc1ccncc1-c1ccc(N)cc1C(F)(F)F. The van der Waals surface area contributed by atoms with Crippen molar-refractivity contribution in [3.63, 3.8) is 0 Å². The predicted molar refractivity (Wildman–Crippen MR) is 65.6 cm³/mol. The van der Waals surface area contributed by atoms with Gasteiger partial charge in [-0.2, -0.15) is 13.2 Å². The molecule has 0 radical (unpaired) electrons. The van der Waals surface area contributed by atoms with Crippen molar-refractivity contribution >= 4 is 5.69 Å². The average molecular weight is 268 g/mol. The predicted octanol–water partition coefficient (Wildman–Crippen LogP) is 3.36. The first-order chi connectivity index (χ1) is 8.93. The first-order valence-corrected chi connectivity index (χ1v) is 5.38. The number of nitrogens with zero attached hydrogens (tertiary/aromatic N) is 1. The van der Waals surface area contributed by atoms with E-state index in [1.807, 2.05) is 0 Å². The first kappa shape index (κ1) is 13.2. The van der Waals surface area contributed by atoms with E-state index < -0.39 is 11.7 Å². The van der Waals surface area contributed by atoms with Crippen LogP contribution in [-0.4, -0.2) is 12.1 Å². The lowest BCUT2D eigenvalue weighted by Gasteiger charge is -2.15. The molecule has 0 aliphatic rings. The van der Waals surface area contributed by atoms with Crippen LogP contribution in [0.3, 0.4) is 0 Å². The zero-order valence-corrected chi connectivity index (χ0v) is 10.0. The van der Waals surface area contributed by atoms with Gasteiger partial charge in [0.15, 0.2) is 0 Å². The van der Waals surface area contributed by atoms with E-state index in [0.29, 0.717) is 5.75 Å². The third-order valence-electron chi connectivity index (χ3n) is 2.64. The normalized spacial score (nSPS) is 11.4. The molecule has 0 bridgehead atoms. The van der Waals surface area contributed by atoms with Crippen LogP contribution in [0.2, 0.25) is 0 Å². The number of nitrogens with two attached hydrogens (primary N) is 1. The summed E-state index contributed by atoms with van der Waals surface area (Å²) >= 11 is 0. The van der Waals surface area contributed by atoms with Crippen molar-refractivity contribution < 1.29 is 17.9 Å². The molecule has 0 amide bonds. The Morgan fingerprint density at radius 1 is 1.16 bits per heavy atom. The van der Waals surface area contributed by atoms with E-state index in [2.05, 4.69) is 4.98 Å². The zero-order chi connectivity index (χ0) is 14.0. The highest BCUT2D eigenvalue weighted by molar-refractivity contribution is 5.74. The fourth-order valence-corrected chi connectivity index (χ4v) is 1.79. The van der Waals surface area contributed by atoms with Crippen molar-refractivity contribution in [3.05, 3.63) is 42.2 Å². The Morgan fingerprint density at radius 3 is 2.53 bits per heavy atom. The number of ether oxygens (including phenoxy) is 1. The number of nitrogen functional groups attached to an aromatic ring is 1. The molecule has 1 heterocycles. The zero-order valence-electron chi connectivity index (χ0n) is 10.0. The average Bonchev–Trinajstić information content (AvgIpc) is 2.37. The number of hydrogen-bond acceptors (Lipinski definition) is 3. The van der Waals surface area contributed by atoms with Crippen LogP contribution in [0.15, 0.2) is 36.7 Å². The topological polar surface area (TPSA) is 48.1 Å². The maximum atomic E-state index is 13.0. The number of aromatic nitrogens is 1. The van der Waals surface area contributed by atoms with Gasteiger partial charge in [0.2, 0.25) is 0 Å². The number of rotatable bonds is 2. The smallest absolute Gasteiger partial charge is 0.417 e. The Hall–Kier alpha value is -2.24. The van der Waals surface area contributed by atoms with Gasteiger partial charge in [-0.25, -0.2) is 0 Å². The monoisotopic (exact) mass is 268 g/mol. The van der Waals surface area contributed by atoms with Gasteiger partial charge in [0.1, 0.15) is 5.75 Å². The summed E-state index contributed by atoms with van der Waals surface area (Å²) in [5.41, 5.74) is 4.94. The third kappa shape index (κ3) is 2.62. The number of halogens is 3. The second-order valence-electron chi connectivity index (χ2n) is 3.88. The lowest BCUT2D eigenvalue weighted by Crippen LogP contribution is -2.08. The van der Waals surface area contributed by atoms with Gasteiger partial charge in [-0.1, -0.05) is 6.07 Å². The summed E-state index contributed by atoms with van der Waals surface area (Å²) in [6.07, 6.45) is -1.71. The minimum absolute atomic E-state index is 0.00773. The van der Waals surface area contributed by atoms with Crippen molar-refractivity contribution in [3.8, 4) is 16.9 Å². The summed E-state index contributed by atoms with van der Waals surface area (Å²) in [6, 6.07) is 5.14. The molecule has 0 fully saturated rings. The van der Waals surface area contributed by atoms with Crippen molar-refractivity contribution in [2.45, 2.75) is 6.18 Å². The van der Waals surface area contributed by atoms with E-state index in [1.165, 1.54) is 37.7 Å². The number of pyridine rings is 1. The molecule has 2 rings (SSSR count). The van der Waals surface area contributed by atoms with Crippen LogP contribution in [0.25, 0.3) is 11.1 Å². The highest BCUT2D eigenvalue weighted by Crippen LogP contribution is 2.40. The van der Waals surface area contributed by atoms with E-state index >= 15 is 0 Å². The first-order valence-electron chi connectivity index (χ1n) is 5.38. The van der Waals surface area contributed by atoms with E-state index in [4.69, 9.17) is 10.5 Å². The minimum atomic E-state index is -4.49. The van der Waals surface area contributed by atoms with Gasteiger partial charge >= 0.3 is 6.18 Å². The molecule has 0 saturated carbocycles. The Balaban J connectivity index is 2.69. The molecular formula is C13H11F3N2O. The molecule has 1 aromatic heterocycles. The van der Waals surface area contributed by atoms with Crippen molar-refractivity contribution in [1.82, 2.24) is 4.98 Å². The largest absolute Gasteiger partial charge is 0.496 e. The van der Waals surface area contributed by atoms with Crippen molar-refractivity contribution in [2.24, 2.45) is 0 Å². The molecule has 2 N–H and O–H groups in total. The van der Waals surface area contributed by atoms with Gasteiger partial charge in [-0.15, -0.1) is 0 Å². The molecule has 0 aliphatic carbocycles. The molecule has 3 nitrogen and oxygen atoms in total. The number of alkyl halides is 3. The molecule has 100 valence electrons. The Bertz CT molecular complexity index is 597. The number of methoxy groups -OCH3 is 1. The maximum Gasteiger partial charge on any atom is 0.417 e. The number of anilines is 1. The summed E-state index contributed by atoms with van der Waals surface area (Å²) in [6.45, 7) is 0. The van der Waals surface area contributed by atoms with Gasteiger partial charge in [-0.3, -0.25) is 4.98 Å². The fourth-order valence-electron chi connectivity index (χ4n) is 1.79. The summed E-state index contributed by atoms with van der Waals surface area (Å²) < 4.78 is 44.2. The lowest BCUT2D eigenvalue weighted by molar-refractivity contribution is -0.137. The summed E-state index contributed by atoms with van der Waals surface area (Å²) in [4.78, 5) is 3.84.